The van der Waals surface area contributed by atoms with Gasteiger partial charge in [0, 0.05) is 5.56 Å². The van der Waals surface area contributed by atoms with Crippen molar-refractivity contribution in [1.29, 1.82) is 0 Å². The van der Waals surface area contributed by atoms with E-state index in [9.17, 15) is 14.0 Å². The second-order valence-corrected chi connectivity index (χ2v) is 7.28. The predicted molar refractivity (Wildman–Crippen MR) is 110 cm³/mol. The van der Waals surface area contributed by atoms with Gasteiger partial charge < -0.3 is 15.2 Å². The van der Waals surface area contributed by atoms with E-state index in [-0.39, 0.29) is 33.1 Å². The first-order chi connectivity index (χ1) is 14.3. The van der Waals surface area contributed by atoms with Crippen LogP contribution in [0.2, 0.25) is 10.0 Å². The molecule has 2 aromatic carbocycles. The molecule has 7 nitrogen and oxygen atoms in total. The van der Waals surface area contributed by atoms with E-state index in [0.29, 0.717) is 5.56 Å². The van der Waals surface area contributed by atoms with Crippen molar-refractivity contribution in [2.75, 3.05) is 0 Å². The Balaban J connectivity index is 1.62. The number of halogens is 3. The van der Waals surface area contributed by atoms with Gasteiger partial charge in [-0.3, -0.25) is 9.59 Å². The molecule has 3 aromatic rings. The highest BCUT2D eigenvalue weighted by Crippen LogP contribution is 2.25. The van der Waals surface area contributed by atoms with Crippen LogP contribution in [-0.4, -0.2) is 28.0 Å². The number of hydrogen-bond acceptors (Lipinski definition) is 5. The summed E-state index contributed by atoms with van der Waals surface area (Å²) in [5.74, 6) is -0.940. The lowest BCUT2D eigenvalue weighted by molar-refractivity contribution is -0.123. The molecule has 2 amide bonds. The van der Waals surface area contributed by atoms with Gasteiger partial charge in [-0.25, -0.2) is 4.39 Å². The molecule has 0 aliphatic carbocycles. The van der Waals surface area contributed by atoms with Gasteiger partial charge in [-0.1, -0.05) is 34.4 Å². The minimum atomic E-state index is -0.866. The summed E-state index contributed by atoms with van der Waals surface area (Å²) in [4.78, 5) is 29.0. The van der Waals surface area contributed by atoms with E-state index >= 15 is 0 Å². The summed E-state index contributed by atoms with van der Waals surface area (Å²) in [6, 6.07) is 8.78. The molecule has 1 heterocycles. The van der Waals surface area contributed by atoms with E-state index < -0.39 is 23.9 Å². The fraction of sp³-hybridized carbons (Fsp3) is 0.200. The Morgan fingerprint density at radius 2 is 1.77 bits per heavy atom. The maximum atomic E-state index is 13.0. The highest BCUT2D eigenvalue weighted by Gasteiger charge is 2.23. The SMILES string of the molecule is CC(NC(=O)c1cccc(Cl)c1Cl)C(=O)NC(C)c1nc(-c2ccc(F)cc2)no1. The number of rotatable bonds is 6. The molecule has 0 saturated carbocycles. The largest absolute Gasteiger partial charge is 0.343 e. The van der Waals surface area contributed by atoms with Crippen LogP contribution in [0.3, 0.4) is 0 Å². The Morgan fingerprint density at radius 3 is 2.47 bits per heavy atom. The Morgan fingerprint density at radius 1 is 1.07 bits per heavy atom. The number of carbonyl (C=O) groups is 2. The van der Waals surface area contributed by atoms with Gasteiger partial charge in [0.05, 0.1) is 15.6 Å². The van der Waals surface area contributed by atoms with Crippen LogP contribution in [0.5, 0.6) is 0 Å². The molecule has 30 heavy (non-hydrogen) atoms. The zero-order valence-corrected chi connectivity index (χ0v) is 17.5. The number of aromatic nitrogens is 2. The predicted octanol–water partition coefficient (Wildman–Crippen LogP) is 4.18. The maximum Gasteiger partial charge on any atom is 0.253 e. The first kappa shape index (κ1) is 21.7. The molecular formula is C20H17Cl2FN4O3. The number of nitrogens with one attached hydrogen (secondary N) is 2. The van der Waals surface area contributed by atoms with E-state index in [1.807, 2.05) is 0 Å². The average molecular weight is 451 g/mol. The molecule has 156 valence electrons. The summed E-state index contributed by atoms with van der Waals surface area (Å²) in [6.45, 7) is 3.18. The molecular weight excluding hydrogens is 434 g/mol. The molecule has 2 unspecified atom stereocenters. The Bertz CT molecular complexity index is 1070. The molecule has 0 fully saturated rings. The third kappa shape index (κ3) is 4.95. The monoisotopic (exact) mass is 450 g/mol. The van der Waals surface area contributed by atoms with Crippen molar-refractivity contribution in [3.05, 3.63) is 69.8 Å². The number of benzene rings is 2. The Labute approximate surface area is 181 Å². The van der Waals surface area contributed by atoms with Crippen molar-refractivity contribution in [3.8, 4) is 11.4 Å². The van der Waals surface area contributed by atoms with Crippen molar-refractivity contribution in [2.45, 2.75) is 25.9 Å². The molecule has 2 N–H and O–H groups in total. The minimum absolute atomic E-state index is 0.108. The summed E-state index contributed by atoms with van der Waals surface area (Å²) in [5, 5.41) is 9.43. The quantitative estimate of drug-likeness (QED) is 0.586. The Kier molecular flexibility index (Phi) is 6.69. The molecule has 0 aliphatic heterocycles. The highest BCUT2D eigenvalue weighted by molar-refractivity contribution is 6.43. The van der Waals surface area contributed by atoms with E-state index in [0.717, 1.165) is 0 Å². The van der Waals surface area contributed by atoms with Crippen molar-refractivity contribution >= 4 is 35.0 Å². The standard InChI is InChI=1S/C20H17Cl2FN4O3/c1-10(24-19(29)14-4-3-5-15(21)16(14)22)18(28)25-11(2)20-26-17(27-30-20)12-6-8-13(23)9-7-12/h3-11H,1-2H3,(H,24,29)(H,25,28). The van der Waals surface area contributed by atoms with Crippen molar-refractivity contribution in [1.82, 2.24) is 20.8 Å². The fourth-order valence-electron chi connectivity index (χ4n) is 2.55. The van der Waals surface area contributed by atoms with E-state index in [4.69, 9.17) is 27.7 Å². The van der Waals surface area contributed by atoms with Crippen LogP contribution in [0.1, 0.15) is 36.1 Å². The molecule has 0 saturated heterocycles. The smallest absolute Gasteiger partial charge is 0.253 e. The third-order valence-corrected chi connectivity index (χ3v) is 5.03. The van der Waals surface area contributed by atoms with E-state index in [2.05, 4.69) is 20.8 Å². The van der Waals surface area contributed by atoms with Crippen LogP contribution < -0.4 is 10.6 Å². The van der Waals surface area contributed by atoms with Gasteiger partial charge in [-0.15, -0.1) is 0 Å². The zero-order valence-electron chi connectivity index (χ0n) is 15.9. The molecule has 10 heteroatoms. The molecule has 1 aromatic heterocycles. The first-order valence-electron chi connectivity index (χ1n) is 8.91. The van der Waals surface area contributed by atoms with Crippen LogP contribution in [0.4, 0.5) is 4.39 Å². The number of hydrogen-bond donors (Lipinski definition) is 2. The van der Waals surface area contributed by atoms with Crippen LogP contribution in [0.15, 0.2) is 47.0 Å². The molecule has 0 bridgehead atoms. The average Bonchev–Trinajstić information content (AvgIpc) is 3.20. The highest BCUT2D eigenvalue weighted by atomic mass is 35.5. The molecule has 0 spiro atoms. The molecule has 0 radical (unpaired) electrons. The van der Waals surface area contributed by atoms with E-state index in [1.54, 1.807) is 19.1 Å². The van der Waals surface area contributed by atoms with Crippen LogP contribution in [-0.2, 0) is 4.79 Å². The summed E-state index contributed by atoms with van der Waals surface area (Å²) >= 11 is 11.9. The molecule has 0 aliphatic rings. The van der Waals surface area contributed by atoms with Gasteiger partial charge >= 0.3 is 0 Å². The topological polar surface area (TPSA) is 97.1 Å². The Hall–Kier alpha value is -2.97. The lowest BCUT2D eigenvalue weighted by Crippen LogP contribution is -2.45. The van der Waals surface area contributed by atoms with E-state index in [1.165, 1.54) is 37.3 Å². The summed E-state index contributed by atoms with van der Waals surface area (Å²) in [7, 11) is 0. The second-order valence-electron chi connectivity index (χ2n) is 6.49. The van der Waals surface area contributed by atoms with Gasteiger partial charge in [0.1, 0.15) is 17.9 Å². The summed E-state index contributed by atoms with van der Waals surface area (Å²) in [6.07, 6.45) is 0. The summed E-state index contributed by atoms with van der Waals surface area (Å²) < 4.78 is 18.2. The third-order valence-electron chi connectivity index (χ3n) is 4.21. The minimum Gasteiger partial charge on any atom is -0.343 e. The van der Waals surface area contributed by atoms with Crippen molar-refractivity contribution in [3.63, 3.8) is 0 Å². The van der Waals surface area contributed by atoms with Crippen LogP contribution in [0.25, 0.3) is 11.4 Å². The van der Waals surface area contributed by atoms with Gasteiger partial charge in [-0.05, 0) is 50.2 Å². The zero-order chi connectivity index (χ0) is 21.8. The van der Waals surface area contributed by atoms with Crippen LogP contribution >= 0.6 is 23.2 Å². The number of carbonyl (C=O) groups excluding carboxylic acids is 2. The lowest BCUT2D eigenvalue weighted by atomic mass is 10.2. The van der Waals surface area contributed by atoms with Crippen LogP contribution in [0, 0.1) is 5.82 Å². The van der Waals surface area contributed by atoms with Gasteiger partial charge in [0.15, 0.2) is 0 Å². The molecule has 3 rings (SSSR count). The fourth-order valence-corrected chi connectivity index (χ4v) is 2.93. The van der Waals surface area contributed by atoms with Gasteiger partial charge in [0.2, 0.25) is 17.6 Å². The number of amides is 2. The first-order valence-corrected chi connectivity index (χ1v) is 9.66. The second kappa shape index (κ2) is 9.23. The normalized spacial score (nSPS) is 12.8. The lowest BCUT2D eigenvalue weighted by Gasteiger charge is -2.17. The maximum absolute atomic E-state index is 13.0. The molecule has 2 atom stereocenters. The van der Waals surface area contributed by atoms with Crippen molar-refractivity contribution in [2.24, 2.45) is 0 Å². The van der Waals surface area contributed by atoms with Crippen molar-refractivity contribution < 1.29 is 18.5 Å². The van der Waals surface area contributed by atoms with Gasteiger partial charge in [0.25, 0.3) is 5.91 Å². The summed E-state index contributed by atoms with van der Waals surface area (Å²) in [5.41, 5.74) is 0.738. The van der Waals surface area contributed by atoms with Gasteiger partial charge in [-0.2, -0.15) is 4.98 Å². The number of nitrogens with zero attached hydrogens (tertiary/aromatic N) is 2.